The molecule has 2 rings (SSSR count). The second kappa shape index (κ2) is 5.67. The number of carboxylic acid groups (broad SMARTS) is 1. The smallest absolute Gasteiger partial charge is 0.339 e. The molecular formula is C15H15N3O3. The molecule has 2 heterocycles. The van der Waals surface area contributed by atoms with E-state index in [1.807, 2.05) is 19.9 Å². The van der Waals surface area contributed by atoms with Crippen LogP contribution < -0.4 is 5.32 Å². The molecule has 0 bridgehead atoms. The summed E-state index contributed by atoms with van der Waals surface area (Å²) >= 11 is 0. The second-order valence-corrected chi connectivity index (χ2v) is 4.76. The zero-order chi connectivity index (χ0) is 15.6. The van der Waals surface area contributed by atoms with Crippen LogP contribution in [0.25, 0.3) is 0 Å². The largest absolute Gasteiger partial charge is 0.478 e. The van der Waals surface area contributed by atoms with Crippen molar-refractivity contribution in [2.75, 3.05) is 5.32 Å². The fraction of sp³-hybridized carbons (Fsp3) is 0.267. The van der Waals surface area contributed by atoms with E-state index in [-0.39, 0.29) is 12.1 Å². The van der Waals surface area contributed by atoms with Crippen molar-refractivity contribution in [3.05, 3.63) is 46.0 Å². The third-order valence-electron chi connectivity index (χ3n) is 3.09. The molecule has 0 aromatic carbocycles. The maximum absolute atomic E-state index is 11.0. The van der Waals surface area contributed by atoms with Gasteiger partial charge < -0.3 is 14.8 Å². The van der Waals surface area contributed by atoms with Gasteiger partial charge in [-0.2, -0.15) is 5.26 Å². The maximum Gasteiger partial charge on any atom is 0.339 e. The van der Waals surface area contributed by atoms with Gasteiger partial charge in [-0.05, 0) is 38.5 Å². The summed E-state index contributed by atoms with van der Waals surface area (Å²) in [7, 11) is 0. The summed E-state index contributed by atoms with van der Waals surface area (Å²) in [5, 5.41) is 21.2. The molecule has 0 amide bonds. The molecule has 0 aliphatic rings. The Kier molecular flexibility index (Phi) is 3.94. The number of hydrogen-bond donors (Lipinski definition) is 2. The van der Waals surface area contributed by atoms with Crippen LogP contribution in [-0.4, -0.2) is 16.1 Å². The lowest BCUT2D eigenvalue weighted by molar-refractivity contribution is 0.0695. The van der Waals surface area contributed by atoms with Crippen LogP contribution in [0.5, 0.6) is 0 Å². The number of carbonyl (C=O) groups is 1. The van der Waals surface area contributed by atoms with Gasteiger partial charge in [0, 0.05) is 5.69 Å². The van der Waals surface area contributed by atoms with E-state index in [2.05, 4.69) is 16.4 Å². The molecular weight excluding hydrogens is 270 g/mol. The fourth-order valence-corrected chi connectivity index (χ4v) is 2.12. The summed E-state index contributed by atoms with van der Waals surface area (Å²) in [6, 6.07) is 5.42. The van der Waals surface area contributed by atoms with Crippen LogP contribution >= 0.6 is 0 Å². The van der Waals surface area contributed by atoms with Crippen LogP contribution in [0.1, 0.15) is 38.7 Å². The van der Waals surface area contributed by atoms with Crippen molar-refractivity contribution < 1.29 is 14.3 Å². The van der Waals surface area contributed by atoms with E-state index in [1.54, 1.807) is 6.92 Å². The third kappa shape index (κ3) is 3.03. The first-order chi connectivity index (χ1) is 9.92. The number of aromatic nitrogens is 1. The molecule has 0 aliphatic heterocycles. The molecule has 0 saturated heterocycles. The van der Waals surface area contributed by atoms with Crippen LogP contribution in [0.2, 0.25) is 0 Å². The van der Waals surface area contributed by atoms with Crippen LogP contribution in [0, 0.1) is 32.1 Å². The van der Waals surface area contributed by atoms with Gasteiger partial charge in [0.2, 0.25) is 0 Å². The summed E-state index contributed by atoms with van der Waals surface area (Å²) in [5.74, 6) is 0.286. The van der Waals surface area contributed by atoms with Crippen molar-refractivity contribution in [2.24, 2.45) is 0 Å². The molecule has 0 aliphatic carbocycles. The van der Waals surface area contributed by atoms with Gasteiger partial charge in [-0.3, -0.25) is 0 Å². The van der Waals surface area contributed by atoms with Gasteiger partial charge in [0.1, 0.15) is 29.0 Å². The summed E-state index contributed by atoms with van der Waals surface area (Å²) in [4.78, 5) is 15.3. The third-order valence-corrected chi connectivity index (χ3v) is 3.09. The van der Waals surface area contributed by atoms with E-state index in [0.29, 0.717) is 22.9 Å². The van der Waals surface area contributed by atoms with Gasteiger partial charge in [0.15, 0.2) is 0 Å². The lowest BCUT2D eigenvalue weighted by Gasteiger charge is -2.09. The monoisotopic (exact) mass is 285 g/mol. The molecule has 2 N–H and O–H groups in total. The molecule has 2 aromatic rings. The van der Waals surface area contributed by atoms with Gasteiger partial charge in [-0.25, -0.2) is 9.78 Å². The van der Waals surface area contributed by atoms with Crippen molar-refractivity contribution in [2.45, 2.75) is 27.3 Å². The van der Waals surface area contributed by atoms with Crippen molar-refractivity contribution in [1.82, 2.24) is 4.98 Å². The number of anilines is 1. The number of nitrogens with one attached hydrogen (secondary N) is 1. The zero-order valence-electron chi connectivity index (χ0n) is 12.0. The Morgan fingerprint density at radius 3 is 2.71 bits per heavy atom. The van der Waals surface area contributed by atoms with E-state index in [1.165, 1.54) is 6.07 Å². The minimum absolute atomic E-state index is 0.140. The first-order valence-electron chi connectivity index (χ1n) is 6.37. The molecule has 2 aromatic heterocycles. The van der Waals surface area contributed by atoms with Crippen LogP contribution in [0.3, 0.4) is 0 Å². The highest BCUT2D eigenvalue weighted by Crippen LogP contribution is 2.20. The van der Waals surface area contributed by atoms with E-state index < -0.39 is 5.97 Å². The van der Waals surface area contributed by atoms with E-state index in [4.69, 9.17) is 9.52 Å². The molecule has 0 saturated carbocycles. The Hall–Kier alpha value is -2.81. The summed E-state index contributed by atoms with van der Waals surface area (Å²) in [5.41, 5.74) is 2.26. The standard InChI is InChI=1S/C15H15N3O3/c1-8-4-9(2)18-14(13(8)6-16)17-7-11-5-12(15(19)20)10(3)21-11/h4-5H,7H2,1-3H3,(H,17,18)(H,19,20). The fourth-order valence-electron chi connectivity index (χ4n) is 2.12. The van der Waals surface area contributed by atoms with Gasteiger partial charge in [0.25, 0.3) is 0 Å². The lowest BCUT2D eigenvalue weighted by atomic mass is 10.1. The molecule has 0 spiro atoms. The van der Waals surface area contributed by atoms with Crippen molar-refractivity contribution in [1.29, 1.82) is 5.26 Å². The Bertz CT molecular complexity index is 741. The number of nitrogens with zero attached hydrogens (tertiary/aromatic N) is 2. The highest BCUT2D eigenvalue weighted by Gasteiger charge is 2.14. The molecule has 0 atom stereocenters. The van der Waals surface area contributed by atoms with Crippen molar-refractivity contribution >= 4 is 11.8 Å². The highest BCUT2D eigenvalue weighted by atomic mass is 16.4. The molecule has 21 heavy (non-hydrogen) atoms. The lowest BCUT2D eigenvalue weighted by Crippen LogP contribution is -2.05. The summed E-state index contributed by atoms with van der Waals surface area (Å²) < 4.78 is 5.38. The summed E-state index contributed by atoms with van der Waals surface area (Å²) in [6.45, 7) is 5.55. The van der Waals surface area contributed by atoms with Crippen LogP contribution in [0.15, 0.2) is 16.5 Å². The molecule has 108 valence electrons. The number of hydrogen-bond acceptors (Lipinski definition) is 5. The molecule has 0 fully saturated rings. The van der Waals surface area contributed by atoms with Crippen molar-refractivity contribution in [3.63, 3.8) is 0 Å². The summed E-state index contributed by atoms with van der Waals surface area (Å²) in [6.07, 6.45) is 0. The Balaban J connectivity index is 2.23. The number of carboxylic acids is 1. The molecule has 6 nitrogen and oxygen atoms in total. The van der Waals surface area contributed by atoms with E-state index >= 15 is 0 Å². The van der Waals surface area contributed by atoms with Gasteiger partial charge in [0.05, 0.1) is 12.1 Å². The first kappa shape index (κ1) is 14.6. The van der Waals surface area contributed by atoms with Gasteiger partial charge >= 0.3 is 5.97 Å². The Labute approximate surface area is 122 Å². The number of rotatable bonds is 4. The number of aromatic carboxylic acids is 1. The number of aryl methyl sites for hydroxylation is 3. The topological polar surface area (TPSA) is 99.2 Å². The number of pyridine rings is 1. The average molecular weight is 285 g/mol. The molecule has 0 radical (unpaired) electrons. The SMILES string of the molecule is Cc1cc(C)c(C#N)c(NCc2cc(C(=O)O)c(C)o2)n1. The van der Waals surface area contributed by atoms with Crippen molar-refractivity contribution in [3.8, 4) is 6.07 Å². The minimum Gasteiger partial charge on any atom is -0.478 e. The van der Waals surface area contributed by atoms with Crippen LogP contribution in [0.4, 0.5) is 5.82 Å². The Morgan fingerprint density at radius 1 is 1.43 bits per heavy atom. The predicted octanol–water partition coefficient (Wildman–Crippen LogP) is 2.78. The Morgan fingerprint density at radius 2 is 2.14 bits per heavy atom. The zero-order valence-corrected chi connectivity index (χ0v) is 12.0. The molecule has 6 heteroatoms. The normalized spacial score (nSPS) is 10.2. The minimum atomic E-state index is -1.02. The highest BCUT2D eigenvalue weighted by molar-refractivity contribution is 5.88. The predicted molar refractivity (Wildman–Crippen MR) is 76.2 cm³/mol. The van der Waals surface area contributed by atoms with Gasteiger partial charge in [-0.1, -0.05) is 0 Å². The van der Waals surface area contributed by atoms with Gasteiger partial charge in [-0.15, -0.1) is 0 Å². The van der Waals surface area contributed by atoms with E-state index in [0.717, 1.165) is 11.3 Å². The first-order valence-corrected chi connectivity index (χ1v) is 6.37. The van der Waals surface area contributed by atoms with Crippen LogP contribution in [-0.2, 0) is 6.54 Å². The average Bonchev–Trinajstić information content (AvgIpc) is 2.77. The number of nitriles is 1. The number of furan rings is 1. The van der Waals surface area contributed by atoms with E-state index in [9.17, 15) is 10.1 Å². The quantitative estimate of drug-likeness (QED) is 0.896. The molecule has 0 unspecified atom stereocenters. The second-order valence-electron chi connectivity index (χ2n) is 4.76. The maximum atomic E-state index is 11.0.